The minimum atomic E-state index is -3.21. The molecule has 0 aliphatic rings. The number of nitrogens with zero attached hydrogens (tertiary/aromatic N) is 2. The highest BCUT2D eigenvalue weighted by Gasteiger charge is 2.12. The summed E-state index contributed by atoms with van der Waals surface area (Å²) in [5.74, 6) is 0.522. The van der Waals surface area contributed by atoms with Crippen molar-refractivity contribution >= 4 is 21.6 Å². The lowest BCUT2D eigenvalue weighted by molar-refractivity contribution is -0.115. The van der Waals surface area contributed by atoms with Crippen molar-refractivity contribution in [3.8, 4) is 0 Å². The molecule has 0 fully saturated rings. The molecule has 1 amide bonds. The average molecular weight is 321 g/mol. The van der Waals surface area contributed by atoms with Crippen molar-refractivity contribution in [1.29, 1.82) is 0 Å². The van der Waals surface area contributed by atoms with E-state index in [2.05, 4.69) is 10.4 Å². The summed E-state index contributed by atoms with van der Waals surface area (Å²) in [7, 11) is -1.45. The highest BCUT2D eigenvalue weighted by molar-refractivity contribution is 7.91. The van der Waals surface area contributed by atoms with Gasteiger partial charge in [0.1, 0.15) is 5.82 Å². The number of carbonyl (C=O) groups excluding carboxylic acids is 1. The van der Waals surface area contributed by atoms with Gasteiger partial charge in [-0.15, -0.1) is 0 Å². The van der Waals surface area contributed by atoms with Crippen molar-refractivity contribution in [2.24, 2.45) is 7.05 Å². The highest BCUT2D eigenvalue weighted by atomic mass is 32.2. The minimum Gasteiger partial charge on any atom is -0.311 e. The van der Waals surface area contributed by atoms with Gasteiger partial charge in [-0.05, 0) is 24.6 Å². The lowest BCUT2D eigenvalue weighted by atomic mass is 10.1. The molecule has 1 aromatic heterocycles. The standard InChI is InChI=1S/C15H19N3O3S/c1-4-22(20,21)13-7-5-12(6-8-13)10-15(19)16-14-9-11(2)17-18(14)3/h5-9H,4,10H2,1-3H3,(H,16,19). The minimum absolute atomic E-state index is 0.0622. The van der Waals surface area contributed by atoms with Gasteiger partial charge in [-0.3, -0.25) is 9.48 Å². The van der Waals surface area contributed by atoms with E-state index in [0.717, 1.165) is 11.3 Å². The van der Waals surface area contributed by atoms with Gasteiger partial charge < -0.3 is 5.32 Å². The fourth-order valence-corrected chi connectivity index (χ4v) is 2.97. The second-order valence-electron chi connectivity index (χ2n) is 5.07. The van der Waals surface area contributed by atoms with E-state index < -0.39 is 9.84 Å². The van der Waals surface area contributed by atoms with Gasteiger partial charge >= 0.3 is 0 Å². The summed E-state index contributed by atoms with van der Waals surface area (Å²) in [5, 5.41) is 6.93. The fourth-order valence-electron chi connectivity index (χ4n) is 2.08. The van der Waals surface area contributed by atoms with Crippen molar-refractivity contribution in [3.05, 3.63) is 41.6 Å². The van der Waals surface area contributed by atoms with Gasteiger partial charge in [-0.2, -0.15) is 5.10 Å². The Labute approximate surface area is 130 Å². The number of hydrogen-bond acceptors (Lipinski definition) is 4. The van der Waals surface area contributed by atoms with Crippen LogP contribution in [0.2, 0.25) is 0 Å². The normalized spacial score (nSPS) is 11.4. The van der Waals surface area contributed by atoms with Gasteiger partial charge in [0.05, 0.1) is 22.8 Å². The monoisotopic (exact) mass is 321 g/mol. The number of nitrogens with one attached hydrogen (secondary N) is 1. The van der Waals surface area contributed by atoms with Crippen molar-refractivity contribution in [1.82, 2.24) is 9.78 Å². The Morgan fingerprint density at radius 2 is 1.91 bits per heavy atom. The molecule has 22 heavy (non-hydrogen) atoms. The SMILES string of the molecule is CCS(=O)(=O)c1ccc(CC(=O)Nc2cc(C)nn2C)cc1. The number of aryl methyl sites for hydroxylation is 2. The van der Waals surface area contributed by atoms with Crippen LogP contribution in [0.3, 0.4) is 0 Å². The van der Waals surface area contributed by atoms with Crippen LogP contribution in [0.25, 0.3) is 0 Å². The molecule has 7 heteroatoms. The van der Waals surface area contributed by atoms with Gasteiger partial charge in [0, 0.05) is 13.1 Å². The zero-order chi connectivity index (χ0) is 16.3. The quantitative estimate of drug-likeness (QED) is 0.909. The van der Waals surface area contributed by atoms with E-state index in [0.29, 0.717) is 5.82 Å². The Morgan fingerprint density at radius 1 is 1.27 bits per heavy atom. The van der Waals surface area contributed by atoms with Gasteiger partial charge in [0.25, 0.3) is 0 Å². The summed E-state index contributed by atoms with van der Waals surface area (Å²) in [6, 6.07) is 8.19. The van der Waals surface area contributed by atoms with E-state index in [1.165, 1.54) is 12.1 Å². The maximum absolute atomic E-state index is 12.0. The van der Waals surface area contributed by atoms with E-state index in [1.807, 2.05) is 6.92 Å². The maximum Gasteiger partial charge on any atom is 0.229 e. The largest absolute Gasteiger partial charge is 0.311 e. The predicted octanol–water partition coefficient (Wildman–Crippen LogP) is 1.70. The third kappa shape index (κ3) is 3.73. The number of carbonyl (C=O) groups is 1. The Bertz CT molecular complexity index is 777. The number of aromatic nitrogens is 2. The van der Waals surface area contributed by atoms with Crippen LogP contribution in [0, 0.1) is 6.92 Å². The van der Waals surface area contributed by atoms with Crippen LogP contribution in [-0.4, -0.2) is 29.9 Å². The molecule has 1 N–H and O–H groups in total. The smallest absolute Gasteiger partial charge is 0.229 e. The highest BCUT2D eigenvalue weighted by Crippen LogP contribution is 2.14. The van der Waals surface area contributed by atoms with Gasteiger partial charge in [-0.1, -0.05) is 19.1 Å². The number of benzene rings is 1. The molecule has 0 saturated heterocycles. The van der Waals surface area contributed by atoms with Crippen molar-refractivity contribution in [2.45, 2.75) is 25.2 Å². The number of amides is 1. The lowest BCUT2D eigenvalue weighted by Crippen LogP contribution is -2.16. The molecule has 2 aromatic rings. The third-order valence-corrected chi connectivity index (χ3v) is 5.05. The van der Waals surface area contributed by atoms with Gasteiger partial charge in [0.15, 0.2) is 9.84 Å². The zero-order valence-corrected chi connectivity index (χ0v) is 13.6. The van der Waals surface area contributed by atoms with E-state index >= 15 is 0 Å². The number of rotatable bonds is 5. The molecule has 1 aromatic carbocycles. The zero-order valence-electron chi connectivity index (χ0n) is 12.8. The molecule has 0 aliphatic carbocycles. The molecule has 6 nitrogen and oxygen atoms in total. The molecule has 0 bridgehead atoms. The Hall–Kier alpha value is -2.15. The van der Waals surface area contributed by atoms with Crippen LogP contribution in [-0.2, 0) is 28.1 Å². The topological polar surface area (TPSA) is 81.1 Å². The second-order valence-corrected chi connectivity index (χ2v) is 7.35. The van der Waals surface area contributed by atoms with E-state index in [9.17, 15) is 13.2 Å². The predicted molar refractivity (Wildman–Crippen MR) is 84.4 cm³/mol. The molecule has 118 valence electrons. The van der Waals surface area contributed by atoms with Gasteiger partial charge in [-0.25, -0.2) is 8.42 Å². The molecule has 0 aliphatic heterocycles. The van der Waals surface area contributed by atoms with Crippen LogP contribution < -0.4 is 5.32 Å². The Morgan fingerprint density at radius 3 is 2.41 bits per heavy atom. The lowest BCUT2D eigenvalue weighted by Gasteiger charge is -2.06. The van der Waals surface area contributed by atoms with Crippen LogP contribution in [0.1, 0.15) is 18.2 Å². The molecular formula is C15H19N3O3S. The van der Waals surface area contributed by atoms with Crippen LogP contribution >= 0.6 is 0 Å². The molecule has 1 heterocycles. The average Bonchev–Trinajstić information content (AvgIpc) is 2.77. The first-order chi connectivity index (χ1) is 10.3. The van der Waals surface area contributed by atoms with Crippen LogP contribution in [0.5, 0.6) is 0 Å². The first-order valence-corrected chi connectivity index (χ1v) is 8.59. The molecule has 0 radical (unpaired) electrons. The first-order valence-electron chi connectivity index (χ1n) is 6.94. The second kappa shape index (κ2) is 6.31. The van der Waals surface area contributed by atoms with Crippen LogP contribution in [0.15, 0.2) is 35.2 Å². The van der Waals surface area contributed by atoms with Crippen molar-refractivity contribution in [2.75, 3.05) is 11.1 Å². The van der Waals surface area contributed by atoms with Gasteiger partial charge in [0.2, 0.25) is 5.91 Å². The maximum atomic E-state index is 12.0. The summed E-state index contributed by atoms with van der Waals surface area (Å²) in [5.41, 5.74) is 1.58. The Balaban J connectivity index is 2.05. The summed E-state index contributed by atoms with van der Waals surface area (Å²) in [4.78, 5) is 12.3. The number of sulfone groups is 1. The van der Waals surface area contributed by atoms with Crippen molar-refractivity contribution < 1.29 is 13.2 Å². The fraction of sp³-hybridized carbons (Fsp3) is 0.333. The van der Waals surface area contributed by atoms with Crippen LogP contribution in [0.4, 0.5) is 5.82 Å². The van der Waals surface area contributed by atoms with E-state index in [-0.39, 0.29) is 23.0 Å². The summed E-state index contributed by atoms with van der Waals surface area (Å²) >= 11 is 0. The molecule has 0 spiro atoms. The van der Waals surface area contributed by atoms with Crippen molar-refractivity contribution in [3.63, 3.8) is 0 Å². The first kappa shape index (κ1) is 16.2. The summed E-state index contributed by atoms with van der Waals surface area (Å²) < 4.78 is 25.1. The Kier molecular flexibility index (Phi) is 4.65. The van der Waals surface area contributed by atoms with E-state index in [4.69, 9.17) is 0 Å². The number of anilines is 1. The summed E-state index contributed by atoms with van der Waals surface area (Å²) in [6.07, 6.45) is 0.177. The molecule has 0 atom stereocenters. The molecular weight excluding hydrogens is 302 g/mol. The molecule has 0 saturated carbocycles. The third-order valence-electron chi connectivity index (χ3n) is 3.30. The molecule has 2 rings (SSSR count). The van der Waals surface area contributed by atoms with E-state index in [1.54, 1.807) is 36.9 Å². The summed E-state index contributed by atoms with van der Waals surface area (Å²) in [6.45, 7) is 3.45. The molecule has 0 unspecified atom stereocenters. The number of hydrogen-bond donors (Lipinski definition) is 1.